The fourth-order valence-corrected chi connectivity index (χ4v) is 8.67. The number of aliphatic hydroxyl groups is 7. The van der Waals surface area contributed by atoms with Crippen molar-refractivity contribution in [3.05, 3.63) is 18.2 Å². The number of aldehydes is 1. The van der Waals surface area contributed by atoms with Gasteiger partial charge < -0.3 is 60.7 Å². The van der Waals surface area contributed by atoms with Crippen LogP contribution in [0.1, 0.15) is 65.2 Å². The molecule has 15 nitrogen and oxygen atoms in total. The Balaban J connectivity index is 1.33. The molecule has 2 saturated carbocycles. The highest BCUT2D eigenvalue weighted by molar-refractivity contribution is 5.82. The van der Waals surface area contributed by atoms with Crippen molar-refractivity contribution >= 4 is 24.4 Å². The van der Waals surface area contributed by atoms with E-state index in [4.69, 9.17) is 19.9 Å². The molecule has 12 atom stereocenters. The lowest BCUT2D eigenvalue weighted by atomic mass is 9.66. The Labute approximate surface area is 285 Å². The Morgan fingerprint density at radius 3 is 2.51 bits per heavy atom. The first-order valence-electron chi connectivity index (χ1n) is 17.5. The maximum atomic E-state index is 12.6. The number of hydrogen-bond donors (Lipinski definition) is 7. The van der Waals surface area contributed by atoms with Crippen LogP contribution in [0.5, 0.6) is 0 Å². The highest BCUT2D eigenvalue weighted by atomic mass is 16.7. The molecule has 2 saturated heterocycles. The van der Waals surface area contributed by atoms with Crippen LogP contribution in [0.4, 0.5) is 0 Å². The van der Waals surface area contributed by atoms with Gasteiger partial charge in [-0.15, -0.1) is 4.99 Å². The van der Waals surface area contributed by atoms with E-state index in [-0.39, 0.29) is 36.4 Å². The predicted molar refractivity (Wildman–Crippen MR) is 170 cm³/mol. The fourth-order valence-electron chi connectivity index (χ4n) is 8.67. The van der Waals surface area contributed by atoms with Gasteiger partial charge in [-0.05, 0) is 50.4 Å². The van der Waals surface area contributed by atoms with Gasteiger partial charge in [0.05, 0.1) is 48.7 Å². The summed E-state index contributed by atoms with van der Waals surface area (Å²) >= 11 is 0. The van der Waals surface area contributed by atoms with Crippen molar-refractivity contribution in [2.45, 2.75) is 125 Å². The number of carboxylic acids is 1. The van der Waals surface area contributed by atoms with E-state index in [1.165, 1.54) is 0 Å². The van der Waals surface area contributed by atoms with E-state index in [9.17, 15) is 45.0 Å². The zero-order chi connectivity index (χ0) is 35.7. The molecule has 0 radical (unpaired) electrons. The third kappa shape index (κ3) is 7.60. The summed E-state index contributed by atoms with van der Waals surface area (Å²) in [6.45, 7) is 5.83. The molecule has 1 amide bonds. The largest absolute Gasteiger partial charge is 0.547 e. The number of fused-ring (bicyclic) bond motifs is 1. The Kier molecular flexibility index (Phi) is 11.9. The van der Waals surface area contributed by atoms with Crippen LogP contribution in [0.15, 0.2) is 16.6 Å². The number of primary amides is 1. The van der Waals surface area contributed by atoms with E-state index in [1.54, 1.807) is 18.1 Å². The number of aliphatic imine (C=N–C) groups is 1. The fraction of sp³-hybridized carbons (Fsp3) is 0.794. The summed E-state index contributed by atoms with van der Waals surface area (Å²) in [7, 11) is 0. The Morgan fingerprint density at radius 1 is 1.20 bits per heavy atom. The monoisotopic (exact) mass is 695 g/mol. The van der Waals surface area contributed by atoms with Crippen LogP contribution in [-0.4, -0.2) is 128 Å². The van der Waals surface area contributed by atoms with Crippen molar-refractivity contribution in [3.63, 3.8) is 0 Å². The minimum atomic E-state index is -3.00. The van der Waals surface area contributed by atoms with E-state index in [0.717, 1.165) is 5.57 Å². The van der Waals surface area contributed by atoms with E-state index in [2.05, 4.69) is 4.99 Å². The predicted octanol–water partition coefficient (Wildman–Crippen LogP) is -3.64. The highest BCUT2D eigenvalue weighted by Gasteiger charge is 2.68. The lowest BCUT2D eigenvalue weighted by Gasteiger charge is -2.53. The van der Waals surface area contributed by atoms with Gasteiger partial charge in [0.15, 0.2) is 30.5 Å². The van der Waals surface area contributed by atoms with Crippen molar-refractivity contribution in [2.75, 3.05) is 13.1 Å². The number of aliphatic carboxylic acids is 1. The van der Waals surface area contributed by atoms with Crippen molar-refractivity contribution in [1.82, 2.24) is 0 Å². The van der Waals surface area contributed by atoms with Crippen LogP contribution in [0, 0.1) is 36.1 Å². The minimum absolute atomic E-state index is 0.0258. The highest BCUT2D eigenvalue weighted by Crippen LogP contribution is 2.46. The number of allylic oxidation sites excluding steroid dienone is 1. The lowest BCUT2D eigenvalue weighted by Crippen LogP contribution is -2.95. The molecule has 5 rings (SSSR count). The second kappa shape index (κ2) is 15.4. The molecule has 2 aliphatic carbocycles. The molecule has 15 heteroatoms. The Morgan fingerprint density at radius 2 is 1.92 bits per heavy atom. The summed E-state index contributed by atoms with van der Waals surface area (Å²) in [5.41, 5.74) is 1.22. The van der Waals surface area contributed by atoms with Crippen LogP contribution in [0.2, 0.25) is 0 Å². The summed E-state index contributed by atoms with van der Waals surface area (Å²) in [6.07, 6.45) is -2.40. The standard InChI is InChI=1S/C34H51N3O12/c1-17(2)20(11-18-9-10-36-13-18)14-37-15-33(45)32(49-28(31(43)44)29(41)34(33,46)16-38)47-22-7-8-23-24(12-22)48-27(30(35)42)25(26(23)40)19-3-5-21(39)6-4-19/h9-10,13,16-17,19-29,32,37,39-41,45-46H,3-8,11-12,14-15H2,1-2H3,(H2-,35,42,43,44)/p+2. The first kappa shape index (κ1) is 37.8. The van der Waals surface area contributed by atoms with Crippen molar-refractivity contribution < 1.29 is 64.6 Å². The molecule has 0 aromatic carbocycles. The molecule has 10 N–H and O–H groups in total. The molecule has 12 unspecified atom stereocenters. The molecule has 0 aromatic heterocycles. The number of hydrogen-bond acceptors (Lipinski definition) is 12. The topological polar surface area (TPSA) is 262 Å². The van der Waals surface area contributed by atoms with Gasteiger partial charge in [-0.3, -0.25) is 9.59 Å². The SMILES string of the molecule is CC(C)C(C[NH2+]CC1(O)C(OC2CCC3C(C2)[OH+]C(C(N)=O)C(C2CCC(O)CC2)C3O)OC(C(=O)[O-])C(O)C1(O)C=O)CC1=C[CH+]N=C1. The normalized spacial score (nSPS) is 42.9. The molecule has 4 fully saturated rings. The Bertz CT molecular complexity index is 1260. The number of aliphatic hydroxyl groups excluding tert-OH is 3. The molecule has 3 aliphatic heterocycles. The van der Waals surface area contributed by atoms with Gasteiger partial charge in [0.2, 0.25) is 11.7 Å². The first-order chi connectivity index (χ1) is 23.2. The van der Waals surface area contributed by atoms with E-state index in [0.29, 0.717) is 51.5 Å². The van der Waals surface area contributed by atoms with Crippen LogP contribution >= 0.6 is 0 Å². The summed E-state index contributed by atoms with van der Waals surface area (Å²) < 4.78 is 16.6. The summed E-state index contributed by atoms with van der Waals surface area (Å²) in [5.74, 6) is -3.08. The number of carboxylic acid groups (broad SMARTS) is 1. The summed E-state index contributed by atoms with van der Waals surface area (Å²) in [5, 5.41) is 69.6. The maximum absolute atomic E-state index is 12.6. The molecule has 5 aliphatic rings. The number of nitrogens with two attached hydrogens (primary N) is 2. The van der Waals surface area contributed by atoms with Crippen molar-refractivity contribution in [2.24, 2.45) is 40.3 Å². The van der Waals surface area contributed by atoms with E-state index < -0.39 is 84.6 Å². The molecule has 49 heavy (non-hydrogen) atoms. The number of ether oxygens (including phenoxy) is 3. The van der Waals surface area contributed by atoms with Gasteiger partial charge in [0.1, 0.15) is 30.9 Å². The quantitative estimate of drug-likeness (QED) is 0.0562. The second-order valence-electron chi connectivity index (χ2n) is 15.1. The van der Waals surface area contributed by atoms with Crippen LogP contribution in [0.3, 0.4) is 0 Å². The molecule has 0 spiro atoms. The summed E-state index contributed by atoms with van der Waals surface area (Å²) in [4.78, 5) is 41.1. The zero-order valence-corrected chi connectivity index (χ0v) is 28.1. The zero-order valence-electron chi connectivity index (χ0n) is 28.1. The third-order valence-corrected chi connectivity index (χ3v) is 11.7. The summed E-state index contributed by atoms with van der Waals surface area (Å²) in [6, 6.07) is 0. The van der Waals surface area contributed by atoms with Gasteiger partial charge in [0.25, 0.3) is 5.91 Å². The number of carbonyl (C=O) groups is 3. The average molecular weight is 696 g/mol. The van der Waals surface area contributed by atoms with Crippen molar-refractivity contribution in [3.8, 4) is 0 Å². The molecular weight excluding hydrogens is 642 g/mol. The van der Waals surface area contributed by atoms with E-state index >= 15 is 0 Å². The smallest absolute Gasteiger partial charge is 0.297 e. The Hall–Kier alpha value is -2.47. The first-order valence-corrected chi connectivity index (χ1v) is 17.5. The molecule has 3 heterocycles. The van der Waals surface area contributed by atoms with E-state index in [1.807, 2.05) is 19.9 Å². The van der Waals surface area contributed by atoms with Gasteiger partial charge in [-0.25, -0.2) is 0 Å². The molecule has 274 valence electrons. The number of quaternary nitrogens is 1. The van der Waals surface area contributed by atoms with Gasteiger partial charge in [-0.1, -0.05) is 13.8 Å². The molecular formula is C34H53N3O12+2. The van der Waals surface area contributed by atoms with Gasteiger partial charge >= 0.3 is 0 Å². The lowest BCUT2D eigenvalue weighted by molar-refractivity contribution is -0.682. The minimum Gasteiger partial charge on any atom is -0.547 e. The molecule has 0 bridgehead atoms. The second-order valence-corrected chi connectivity index (χ2v) is 15.1. The van der Waals surface area contributed by atoms with Crippen LogP contribution < -0.4 is 16.2 Å². The maximum Gasteiger partial charge on any atom is 0.297 e. The van der Waals surface area contributed by atoms with Crippen LogP contribution in [-0.2, 0) is 23.9 Å². The third-order valence-electron chi connectivity index (χ3n) is 11.7. The van der Waals surface area contributed by atoms with Gasteiger partial charge in [0, 0.05) is 18.8 Å². The number of rotatable bonds is 13. The van der Waals surface area contributed by atoms with Crippen molar-refractivity contribution in [1.29, 1.82) is 0 Å². The number of nitrogens with zero attached hydrogens (tertiary/aromatic N) is 1. The van der Waals surface area contributed by atoms with Gasteiger partial charge in [-0.2, -0.15) is 0 Å². The average Bonchev–Trinajstić information content (AvgIpc) is 3.58. The number of carbonyl (C=O) groups excluding carboxylic acids is 3. The van der Waals surface area contributed by atoms with Crippen LogP contribution in [0.25, 0.3) is 0 Å². The molecule has 0 aromatic rings. The number of amides is 1.